The minimum Gasteiger partial charge on any atom is -0.476 e. The van der Waals surface area contributed by atoms with Crippen LogP contribution < -0.4 is 4.72 Å². The Balaban J connectivity index is 2.92. The maximum absolute atomic E-state index is 12.0. The Labute approximate surface area is 112 Å². The zero-order valence-corrected chi connectivity index (χ0v) is 11.6. The van der Waals surface area contributed by atoms with Gasteiger partial charge in [-0.15, -0.1) is 0 Å². The predicted molar refractivity (Wildman–Crippen MR) is 71.3 cm³/mol. The lowest BCUT2D eigenvalue weighted by atomic mass is 10.3. The highest BCUT2D eigenvalue weighted by molar-refractivity contribution is 7.90. The van der Waals surface area contributed by atoms with Crippen LogP contribution in [-0.2, 0) is 10.2 Å². The van der Waals surface area contributed by atoms with Crippen LogP contribution in [0.4, 0.5) is 5.69 Å². The largest absolute Gasteiger partial charge is 0.476 e. The van der Waals surface area contributed by atoms with Gasteiger partial charge in [-0.25, -0.2) is 9.78 Å². The summed E-state index contributed by atoms with van der Waals surface area (Å²) < 4.78 is 27.3. The van der Waals surface area contributed by atoms with Gasteiger partial charge in [0.15, 0.2) is 5.69 Å². The number of hydrogen-bond acceptors (Lipinski definition) is 4. The molecule has 0 spiro atoms. The van der Waals surface area contributed by atoms with Crippen molar-refractivity contribution in [3.8, 4) is 0 Å². The molecule has 7 nitrogen and oxygen atoms in total. The third-order valence-corrected chi connectivity index (χ3v) is 3.97. The van der Waals surface area contributed by atoms with E-state index < -0.39 is 16.2 Å². The van der Waals surface area contributed by atoms with Crippen molar-refractivity contribution in [3.63, 3.8) is 0 Å². The third kappa shape index (κ3) is 4.18. The van der Waals surface area contributed by atoms with Gasteiger partial charge in [0, 0.05) is 19.8 Å². The number of rotatable bonds is 7. The van der Waals surface area contributed by atoms with Gasteiger partial charge in [-0.2, -0.15) is 12.7 Å². The van der Waals surface area contributed by atoms with Crippen molar-refractivity contribution in [2.24, 2.45) is 0 Å². The summed E-state index contributed by atoms with van der Waals surface area (Å²) >= 11 is 0. The van der Waals surface area contributed by atoms with E-state index in [1.807, 2.05) is 6.92 Å². The van der Waals surface area contributed by atoms with E-state index in [1.165, 1.54) is 25.4 Å². The van der Waals surface area contributed by atoms with Gasteiger partial charge in [-0.3, -0.25) is 4.72 Å². The van der Waals surface area contributed by atoms with E-state index in [-0.39, 0.29) is 11.4 Å². The molecule has 0 aliphatic rings. The molecule has 0 saturated carbocycles. The van der Waals surface area contributed by atoms with Gasteiger partial charge in [0.05, 0.1) is 5.69 Å². The summed E-state index contributed by atoms with van der Waals surface area (Å²) in [5.74, 6) is -1.28. The van der Waals surface area contributed by atoms with E-state index in [1.54, 1.807) is 0 Å². The first-order valence-corrected chi connectivity index (χ1v) is 7.25. The summed E-state index contributed by atoms with van der Waals surface area (Å²) in [5, 5.41) is 8.93. The smallest absolute Gasteiger partial charge is 0.356 e. The number of anilines is 1. The van der Waals surface area contributed by atoms with Crippen LogP contribution in [0.15, 0.2) is 18.3 Å². The molecule has 1 aromatic rings. The van der Waals surface area contributed by atoms with Crippen molar-refractivity contribution in [3.05, 3.63) is 24.0 Å². The predicted octanol–water partition coefficient (Wildman–Crippen LogP) is 1.17. The zero-order valence-electron chi connectivity index (χ0n) is 10.8. The minimum atomic E-state index is -3.76. The standard InChI is InChI=1S/C11H17N3O4S/c1-3-4-8-14(2)19(17,18)13-9-6-5-7-12-10(9)11(15)16/h5-7,13H,3-4,8H2,1-2H3,(H,15,16). The Morgan fingerprint density at radius 2 is 2.21 bits per heavy atom. The maximum Gasteiger partial charge on any atom is 0.356 e. The van der Waals surface area contributed by atoms with Crippen LogP contribution in [0.3, 0.4) is 0 Å². The highest BCUT2D eigenvalue weighted by Crippen LogP contribution is 2.15. The lowest BCUT2D eigenvalue weighted by Gasteiger charge is -2.18. The average Bonchev–Trinajstić information content (AvgIpc) is 2.35. The summed E-state index contributed by atoms with van der Waals surface area (Å²) in [7, 11) is -2.32. The van der Waals surface area contributed by atoms with Gasteiger partial charge in [0.1, 0.15) is 0 Å². The van der Waals surface area contributed by atoms with E-state index in [4.69, 9.17) is 5.11 Å². The zero-order chi connectivity index (χ0) is 14.5. The van der Waals surface area contributed by atoms with Gasteiger partial charge in [-0.1, -0.05) is 13.3 Å². The minimum absolute atomic E-state index is 0.0432. The van der Waals surface area contributed by atoms with Gasteiger partial charge < -0.3 is 5.11 Å². The number of nitrogens with one attached hydrogen (secondary N) is 1. The van der Waals surface area contributed by atoms with Gasteiger partial charge in [-0.05, 0) is 18.6 Å². The second-order valence-corrected chi connectivity index (χ2v) is 5.76. The summed E-state index contributed by atoms with van der Waals surface area (Å²) in [6.07, 6.45) is 2.89. The molecule has 0 unspecified atom stereocenters. The fourth-order valence-electron chi connectivity index (χ4n) is 1.38. The van der Waals surface area contributed by atoms with Crippen molar-refractivity contribution in [2.75, 3.05) is 18.3 Å². The number of aromatic carboxylic acids is 1. The number of aromatic nitrogens is 1. The summed E-state index contributed by atoms with van der Waals surface area (Å²) in [6, 6.07) is 2.83. The number of carboxylic acids is 1. The molecule has 19 heavy (non-hydrogen) atoms. The van der Waals surface area contributed by atoms with Crippen molar-refractivity contribution >= 4 is 21.9 Å². The van der Waals surface area contributed by atoms with Crippen LogP contribution in [0, 0.1) is 0 Å². The quantitative estimate of drug-likeness (QED) is 0.784. The Kier molecular flexibility index (Phi) is 5.25. The second-order valence-electron chi connectivity index (χ2n) is 3.99. The summed E-state index contributed by atoms with van der Waals surface area (Å²) in [4.78, 5) is 14.6. The van der Waals surface area contributed by atoms with Crippen molar-refractivity contribution < 1.29 is 18.3 Å². The van der Waals surface area contributed by atoms with Crippen LogP contribution in [0.25, 0.3) is 0 Å². The first kappa shape index (κ1) is 15.4. The van der Waals surface area contributed by atoms with Crippen molar-refractivity contribution in [1.29, 1.82) is 0 Å². The second kappa shape index (κ2) is 6.48. The average molecular weight is 287 g/mol. The molecule has 0 bridgehead atoms. The van der Waals surface area contributed by atoms with E-state index in [9.17, 15) is 13.2 Å². The van der Waals surface area contributed by atoms with Crippen molar-refractivity contribution in [2.45, 2.75) is 19.8 Å². The molecule has 0 radical (unpaired) electrons. The van der Waals surface area contributed by atoms with Gasteiger partial charge in [0.2, 0.25) is 0 Å². The molecule has 1 heterocycles. The third-order valence-electron chi connectivity index (χ3n) is 2.49. The monoisotopic (exact) mass is 287 g/mol. The lowest BCUT2D eigenvalue weighted by molar-refractivity contribution is 0.0692. The molecule has 1 rings (SSSR count). The Morgan fingerprint density at radius 1 is 1.53 bits per heavy atom. The SMILES string of the molecule is CCCCN(C)S(=O)(=O)Nc1cccnc1C(=O)O. The van der Waals surface area contributed by atoms with Gasteiger partial charge in [0.25, 0.3) is 0 Å². The highest BCUT2D eigenvalue weighted by Gasteiger charge is 2.20. The summed E-state index contributed by atoms with van der Waals surface area (Å²) in [5.41, 5.74) is -0.367. The topological polar surface area (TPSA) is 99.6 Å². The van der Waals surface area contributed by atoms with E-state index in [2.05, 4.69) is 9.71 Å². The lowest BCUT2D eigenvalue weighted by Crippen LogP contribution is -2.33. The van der Waals surface area contributed by atoms with Crippen LogP contribution in [0.1, 0.15) is 30.3 Å². The highest BCUT2D eigenvalue weighted by atomic mass is 32.2. The fraction of sp³-hybridized carbons (Fsp3) is 0.455. The van der Waals surface area contributed by atoms with Crippen LogP contribution >= 0.6 is 0 Å². The van der Waals surface area contributed by atoms with E-state index in [0.29, 0.717) is 6.54 Å². The van der Waals surface area contributed by atoms with Gasteiger partial charge >= 0.3 is 16.2 Å². The molecule has 2 N–H and O–H groups in total. The number of unbranched alkanes of at least 4 members (excludes halogenated alkanes) is 1. The molecule has 0 saturated heterocycles. The Morgan fingerprint density at radius 3 is 2.79 bits per heavy atom. The summed E-state index contributed by atoms with van der Waals surface area (Å²) in [6.45, 7) is 2.33. The molecule has 0 aliphatic carbocycles. The maximum atomic E-state index is 12.0. The molecule has 0 aromatic carbocycles. The normalized spacial score (nSPS) is 11.5. The number of carboxylic acid groups (broad SMARTS) is 1. The Bertz CT molecular complexity index is 545. The molecular weight excluding hydrogens is 270 g/mol. The van der Waals surface area contributed by atoms with Crippen molar-refractivity contribution in [1.82, 2.24) is 9.29 Å². The van der Waals surface area contributed by atoms with E-state index in [0.717, 1.165) is 17.1 Å². The number of pyridine rings is 1. The fourth-order valence-corrected chi connectivity index (χ4v) is 2.34. The molecule has 0 fully saturated rings. The first-order valence-electron chi connectivity index (χ1n) is 5.81. The first-order chi connectivity index (χ1) is 8.88. The van der Waals surface area contributed by atoms with Crippen LogP contribution in [0.5, 0.6) is 0 Å². The molecular formula is C11H17N3O4S. The molecule has 106 valence electrons. The number of hydrogen-bond donors (Lipinski definition) is 2. The molecule has 1 aromatic heterocycles. The van der Waals surface area contributed by atoms with Crippen LogP contribution in [0.2, 0.25) is 0 Å². The van der Waals surface area contributed by atoms with Crippen LogP contribution in [-0.4, -0.2) is 42.4 Å². The number of carbonyl (C=O) groups is 1. The van der Waals surface area contributed by atoms with E-state index >= 15 is 0 Å². The Hall–Kier alpha value is -1.67. The number of nitrogens with zero attached hydrogens (tertiary/aromatic N) is 2. The molecule has 0 atom stereocenters. The molecule has 0 aliphatic heterocycles. The molecule has 0 amide bonds. The molecule has 8 heteroatoms.